The molecule has 2 amide bonds. The first kappa shape index (κ1) is 19.9. The van der Waals surface area contributed by atoms with Gasteiger partial charge in [-0.05, 0) is 44.2 Å². The van der Waals surface area contributed by atoms with Crippen molar-refractivity contribution in [3.05, 3.63) is 35.9 Å². The number of nitrogens with one attached hydrogen (secondary N) is 1. The number of hydrogen-bond donors (Lipinski definition) is 1. The molecule has 2 aliphatic heterocycles. The minimum absolute atomic E-state index is 0.0851. The Morgan fingerprint density at radius 2 is 1.89 bits per heavy atom. The molecule has 0 saturated carbocycles. The van der Waals surface area contributed by atoms with E-state index in [9.17, 15) is 9.59 Å². The van der Waals surface area contributed by atoms with Gasteiger partial charge in [0.2, 0.25) is 11.8 Å². The Morgan fingerprint density at radius 3 is 2.74 bits per heavy atom. The van der Waals surface area contributed by atoms with Gasteiger partial charge >= 0.3 is 0 Å². The second-order valence-electron chi connectivity index (χ2n) is 7.88. The summed E-state index contributed by atoms with van der Waals surface area (Å²) in [5, 5.41) is 3.20. The van der Waals surface area contributed by atoms with Gasteiger partial charge < -0.3 is 15.1 Å². The van der Waals surface area contributed by atoms with Crippen molar-refractivity contribution in [2.45, 2.75) is 57.4 Å². The Labute approximate surface area is 163 Å². The number of rotatable bonds is 7. The van der Waals surface area contributed by atoms with Crippen LogP contribution in [-0.4, -0.2) is 60.4 Å². The van der Waals surface area contributed by atoms with Gasteiger partial charge in [-0.2, -0.15) is 0 Å². The monoisotopic (exact) mass is 371 g/mol. The van der Waals surface area contributed by atoms with Crippen molar-refractivity contribution in [1.82, 2.24) is 15.1 Å². The largest absolute Gasteiger partial charge is 0.352 e. The average molecular weight is 372 g/mol. The quantitative estimate of drug-likeness (QED) is 0.802. The molecule has 0 unspecified atom stereocenters. The minimum atomic E-state index is 0.0851. The molecule has 2 saturated heterocycles. The van der Waals surface area contributed by atoms with E-state index in [1.165, 1.54) is 5.56 Å². The zero-order valence-corrected chi connectivity index (χ0v) is 16.4. The number of carbonyl (C=O) groups is 2. The van der Waals surface area contributed by atoms with E-state index >= 15 is 0 Å². The normalized spacial score (nSPS) is 21.7. The maximum absolute atomic E-state index is 12.4. The van der Waals surface area contributed by atoms with Gasteiger partial charge in [0.15, 0.2) is 0 Å². The fourth-order valence-corrected chi connectivity index (χ4v) is 4.12. The zero-order chi connectivity index (χ0) is 18.9. The molecule has 5 heteroatoms. The molecule has 1 N–H and O–H groups in total. The molecule has 0 aliphatic carbocycles. The Morgan fingerprint density at radius 1 is 1.04 bits per heavy atom. The summed E-state index contributed by atoms with van der Waals surface area (Å²) in [5.74, 6) is 0.298. The Bertz CT molecular complexity index is 605. The maximum atomic E-state index is 12.4. The smallest absolute Gasteiger partial charge is 0.222 e. The van der Waals surface area contributed by atoms with Crippen LogP contribution in [0.1, 0.15) is 50.5 Å². The molecule has 0 spiro atoms. The highest BCUT2D eigenvalue weighted by molar-refractivity contribution is 5.79. The summed E-state index contributed by atoms with van der Waals surface area (Å²) in [6.45, 7) is 4.46. The first-order valence-corrected chi connectivity index (χ1v) is 10.5. The van der Waals surface area contributed by atoms with Crippen LogP contribution in [0.4, 0.5) is 0 Å². The lowest BCUT2D eigenvalue weighted by molar-refractivity contribution is -0.131. The molecular weight excluding hydrogens is 338 g/mol. The molecule has 1 aromatic carbocycles. The lowest BCUT2D eigenvalue weighted by atomic mass is 10.0. The summed E-state index contributed by atoms with van der Waals surface area (Å²) in [7, 11) is 0. The van der Waals surface area contributed by atoms with Crippen LogP contribution >= 0.6 is 0 Å². The topological polar surface area (TPSA) is 52.7 Å². The van der Waals surface area contributed by atoms with Crippen LogP contribution in [0.25, 0.3) is 0 Å². The van der Waals surface area contributed by atoms with Crippen molar-refractivity contribution in [2.75, 3.05) is 32.7 Å². The molecule has 27 heavy (non-hydrogen) atoms. The molecule has 2 fully saturated rings. The molecule has 2 aliphatic rings. The third-order valence-electron chi connectivity index (χ3n) is 5.71. The van der Waals surface area contributed by atoms with Gasteiger partial charge in [0.05, 0.1) is 0 Å². The maximum Gasteiger partial charge on any atom is 0.222 e. The van der Waals surface area contributed by atoms with Gasteiger partial charge in [0, 0.05) is 45.1 Å². The van der Waals surface area contributed by atoms with Gasteiger partial charge in [-0.1, -0.05) is 36.8 Å². The first-order chi connectivity index (χ1) is 13.2. The van der Waals surface area contributed by atoms with E-state index in [-0.39, 0.29) is 17.9 Å². The highest BCUT2D eigenvalue weighted by atomic mass is 16.2. The molecule has 5 nitrogen and oxygen atoms in total. The first-order valence-electron chi connectivity index (χ1n) is 10.5. The summed E-state index contributed by atoms with van der Waals surface area (Å²) in [6.07, 6.45) is 7.47. The lowest BCUT2D eigenvalue weighted by Gasteiger charge is -2.33. The van der Waals surface area contributed by atoms with Crippen molar-refractivity contribution >= 4 is 11.8 Å². The number of piperidine rings is 1. The molecular formula is C22H33N3O2. The highest BCUT2D eigenvalue weighted by Gasteiger charge is 2.22. The van der Waals surface area contributed by atoms with Gasteiger partial charge in [-0.3, -0.25) is 9.59 Å². The average Bonchev–Trinajstić information content (AvgIpc) is 2.90. The zero-order valence-electron chi connectivity index (χ0n) is 16.4. The van der Waals surface area contributed by atoms with Gasteiger partial charge in [0.1, 0.15) is 0 Å². The van der Waals surface area contributed by atoms with Crippen LogP contribution in [0.2, 0.25) is 0 Å². The van der Waals surface area contributed by atoms with E-state index < -0.39 is 0 Å². The summed E-state index contributed by atoms with van der Waals surface area (Å²) in [6, 6.07) is 10.8. The number of benzene rings is 1. The Hall–Kier alpha value is -1.88. The SMILES string of the molecule is O=C(CCN1CCCCCC1=O)N[C@H]1CCCN(CCc2ccccc2)C1. The number of likely N-dealkylation sites (tertiary alicyclic amines) is 2. The van der Waals surface area contributed by atoms with E-state index in [0.29, 0.717) is 19.4 Å². The van der Waals surface area contributed by atoms with E-state index in [1.54, 1.807) is 0 Å². The number of hydrogen-bond acceptors (Lipinski definition) is 3. The second kappa shape index (κ2) is 10.5. The third kappa shape index (κ3) is 6.65. The predicted octanol–water partition coefficient (Wildman–Crippen LogP) is 2.60. The summed E-state index contributed by atoms with van der Waals surface area (Å²) >= 11 is 0. The highest BCUT2D eigenvalue weighted by Crippen LogP contribution is 2.13. The molecule has 1 aromatic rings. The van der Waals surface area contributed by atoms with Crippen LogP contribution < -0.4 is 5.32 Å². The molecule has 1 atom stereocenters. The van der Waals surface area contributed by atoms with E-state index in [4.69, 9.17) is 0 Å². The van der Waals surface area contributed by atoms with E-state index in [1.807, 2.05) is 4.90 Å². The van der Waals surface area contributed by atoms with Crippen molar-refractivity contribution in [3.8, 4) is 0 Å². The van der Waals surface area contributed by atoms with Crippen LogP contribution in [0, 0.1) is 0 Å². The molecule has 148 valence electrons. The van der Waals surface area contributed by atoms with Crippen molar-refractivity contribution in [2.24, 2.45) is 0 Å². The van der Waals surface area contributed by atoms with E-state index in [0.717, 1.165) is 64.7 Å². The number of amides is 2. The standard InChI is InChI=1S/C22H33N3O2/c26-21(13-17-25-15-6-2-5-11-22(25)27)23-20-10-7-14-24(18-20)16-12-19-8-3-1-4-9-19/h1,3-4,8-9,20H,2,5-7,10-18H2,(H,23,26)/t20-/m0/s1. The summed E-state index contributed by atoms with van der Waals surface area (Å²) in [5.41, 5.74) is 1.37. The van der Waals surface area contributed by atoms with Gasteiger partial charge in [-0.25, -0.2) is 0 Å². The minimum Gasteiger partial charge on any atom is -0.352 e. The lowest BCUT2D eigenvalue weighted by Crippen LogP contribution is -2.48. The van der Waals surface area contributed by atoms with Crippen molar-refractivity contribution in [1.29, 1.82) is 0 Å². The van der Waals surface area contributed by atoms with Crippen molar-refractivity contribution < 1.29 is 9.59 Å². The van der Waals surface area contributed by atoms with Crippen LogP contribution in [0.5, 0.6) is 0 Å². The fourth-order valence-electron chi connectivity index (χ4n) is 4.12. The second-order valence-corrected chi connectivity index (χ2v) is 7.88. The molecule has 0 aromatic heterocycles. The fraction of sp³-hybridized carbons (Fsp3) is 0.636. The predicted molar refractivity (Wildman–Crippen MR) is 107 cm³/mol. The van der Waals surface area contributed by atoms with Gasteiger partial charge in [0.25, 0.3) is 0 Å². The van der Waals surface area contributed by atoms with E-state index in [2.05, 4.69) is 40.5 Å². The Kier molecular flexibility index (Phi) is 7.69. The molecule has 0 bridgehead atoms. The van der Waals surface area contributed by atoms with Gasteiger partial charge in [-0.15, -0.1) is 0 Å². The molecule has 2 heterocycles. The summed E-state index contributed by atoms with van der Waals surface area (Å²) < 4.78 is 0. The van der Waals surface area contributed by atoms with Crippen LogP contribution in [0.3, 0.4) is 0 Å². The number of carbonyl (C=O) groups excluding carboxylic acids is 2. The Balaban J connectivity index is 1.37. The van der Waals surface area contributed by atoms with Crippen molar-refractivity contribution in [3.63, 3.8) is 0 Å². The molecule has 0 radical (unpaired) electrons. The van der Waals surface area contributed by atoms with Crippen LogP contribution in [-0.2, 0) is 16.0 Å². The van der Waals surface area contributed by atoms with Crippen LogP contribution in [0.15, 0.2) is 30.3 Å². The third-order valence-corrected chi connectivity index (χ3v) is 5.71. The summed E-state index contributed by atoms with van der Waals surface area (Å²) in [4.78, 5) is 28.7. The number of nitrogens with zero attached hydrogens (tertiary/aromatic N) is 2. The molecule has 3 rings (SSSR count).